The van der Waals surface area contributed by atoms with Crippen molar-refractivity contribution in [3.8, 4) is 11.6 Å². The first kappa shape index (κ1) is 11.7. The van der Waals surface area contributed by atoms with Crippen molar-refractivity contribution in [1.29, 1.82) is 0 Å². The Hall–Kier alpha value is -2.40. The molecule has 0 unspecified atom stereocenters. The van der Waals surface area contributed by atoms with Crippen LogP contribution in [0.5, 0.6) is 11.6 Å². The average Bonchev–Trinajstić information content (AvgIpc) is 2.45. The summed E-state index contributed by atoms with van der Waals surface area (Å²) >= 11 is 6.11. The van der Waals surface area contributed by atoms with E-state index in [0.29, 0.717) is 28.0 Å². The number of benzene rings is 1. The maximum Gasteiger partial charge on any atom is 0.239 e. The molecule has 0 atom stereocenters. The largest absolute Gasteiger partial charge is 0.435 e. The highest BCUT2D eigenvalue weighted by molar-refractivity contribution is 6.35. The number of halogens is 1. The second-order valence-electron chi connectivity index (χ2n) is 3.84. The first-order valence-electron chi connectivity index (χ1n) is 5.54. The highest BCUT2D eigenvalue weighted by Crippen LogP contribution is 2.31. The number of anilines is 1. The molecule has 2 N–H and O–H groups in total. The Morgan fingerprint density at radius 1 is 1.05 bits per heavy atom. The summed E-state index contributed by atoms with van der Waals surface area (Å²) in [5.41, 5.74) is 6.15. The lowest BCUT2D eigenvalue weighted by Crippen LogP contribution is -1.95. The minimum Gasteiger partial charge on any atom is -0.435 e. The van der Waals surface area contributed by atoms with Gasteiger partial charge in [0.05, 0.1) is 5.02 Å². The van der Waals surface area contributed by atoms with Gasteiger partial charge in [0.15, 0.2) is 5.75 Å². The van der Waals surface area contributed by atoms with Crippen LogP contribution in [0.3, 0.4) is 0 Å². The van der Waals surface area contributed by atoms with E-state index in [9.17, 15) is 0 Å². The van der Waals surface area contributed by atoms with Gasteiger partial charge in [-0.25, -0.2) is 0 Å². The first-order valence-corrected chi connectivity index (χ1v) is 5.92. The van der Waals surface area contributed by atoms with Crippen LogP contribution in [0.25, 0.3) is 10.9 Å². The van der Waals surface area contributed by atoms with Crippen molar-refractivity contribution in [2.45, 2.75) is 0 Å². The fraction of sp³-hybridized carbons (Fsp3) is 0. The summed E-state index contributed by atoms with van der Waals surface area (Å²) in [6, 6.07) is 10.5. The van der Waals surface area contributed by atoms with Crippen molar-refractivity contribution < 1.29 is 4.74 Å². The summed E-state index contributed by atoms with van der Waals surface area (Å²) in [5.74, 6) is 1.26. The van der Waals surface area contributed by atoms with Crippen LogP contribution in [0.4, 0.5) is 5.82 Å². The summed E-state index contributed by atoms with van der Waals surface area (Å²) in [5, 5.41) is 9.02. The van der Waals surface area contributed by atoms with Gasteiger partial charge in [-0.1, -0.05) is 11.6 Å². The van der Waals surface area contributed by atoms with Gasteiger partial charge in [0.1, 0.15) is 11.3 Å². The van der Waals surface area contributed by atoms with Gasteiger partial charge in [-0.2, -0.15) is 0 Å². The number of hydrogen-bond acceptors (Lipinski definition) is 5. The minimum atomic E-state index is 0.339. The van der Waals surface area contributed by atoms with E-state index in [1.165, 1.54) is 0 Å². The molecule has 0 saturated carbocycles. The molecule has 19 heavy (non-hydrogen) atoms. The third kappa shape index (κ3) is 2.28. The molecule has 0 bridgehead atoms. The maximum atomic E-state index is 6.11. The SMILES string of the molecule is Nc1ccc(Oc2ccc(Cl)c3cccnc23)nn1. The highest BCUT2D eigenvalue weighted by atomic mass is 35.5. The predicted molar refractivity (Wildman–Crippen MR) is 73.3 cm³/mol. The standard InChI is InChI=1S/C13H9ClN4O/c14-9-3-4-10(13-8(9)2-1-7-16-13)19-12-6-5-11(15)17-18-12/h1-7H,(H2,15,17). The van der Waals surface area contributed by atoms with Crippen molar-refractivity contribution in [3.05, 3.63) is 47.6 Å². The van der Waals surface area contributed by atoms with Crippen molar-refractivity contribution >= 4 is 28.3 Å². The zero-order valence-corrected chi connectivity index (χ0v) is 10.5. The molecule has 0 spiro atoms. The molecule has 94 valence electrons. The lowest BCUT2D eigenvalue weighted by atomic mass is 10.2. The van der Waals surface area contributed by atoms with Gasteiger partial charge in [0.25, 0.3) is 0 Å². The van der Waals surface area contributed by atoms with Crippen LogP contribution >= 0.6 is 11.6 Å². The van der Waals surface area contributed by atoms with Crippen LogP contribution in [0, 0.1) is 0 Å². The molecule has 0 aliphatic rings. The van der Waals surface area contributed by atoms with Gasteiger partial charge in [0, 0.05) is 17.6 Å². The molecule has 0 fully saturated rings. The van der Waals surface area contributed by atoms with E-state index in [0.717, 1.165) is 5.39 Å². The van der Waals surface area contributed by atoms with E-state index in [1.54, 1.807) is 30.5 Å². The van der Waals surface area contributed by atoms with Crippen LogP contribution in [-0.4, -0.2) is 15.2 Å². The fourth-order valence-electron chi connectivity index (χ4n) is 1.69. The van der Waals surface area contributed by atoms with E-state index in [1.807, 2.05) is 12.1 Å². The van der Waals surface area contributed by atoms with Crippen LogP contribution in [0.15, 0.2) is 42.6 Å². The van der Waals surface area contributed by atoms with Gasteiger partial charge < -0.3 is 10.5 Å². The molecule has 3 aromatic rings. The summed E-state index contributed by atoms with van der Waals surface area (Å²) in [7, 11) is 0. The number of nitrogens with two attached hydrogens (primary N) is 1. The van der Waals surface area contributed by atoms with Crippen molar-refractivity contribution in [3.63, 3.8) is 0 Å². The predicted octanol–water partition coefficient (Wildman–Crippen LogP) is 3.05. The van der Waals surface area contributed by atoms with E-state index in [-0.39, 0.29) is 0 Å². The second kappa shape index (κ2) is 4.70. The molecular weight excluding hydrogens is 264 g/mol. The van der Waals surface area contributed by atoms with E-state index in [4.69, 9.17) is 22.1 Å². The number of fused-ring (bicyclic) bond motifs is 1. The monoisotopic (exact) mass is 272 g/mol. The molecule has 0 aliphatic heterocycles. The molecule has 1 aromatic carbocycles. The van der Waals surface area contributed by atoms with Gasteiger partial charge in [-0.05, 0) is 30.3 Å². The Kier molecular flexibility index (Phi) is 2.89. The number of nitrogen functional groups attached to an aromatic ring is 1. The van der Waals surface area contributed by atoms with Crippen LogP contribution in [0.2, 0.25) is 5.02 Å². The number of hydrogen-bond donors (Lipinski definition) is 1. The highest BCUT2D eigenvalue weighted by Gasteiger charge is 2.08. The zero-order chi connectivity index (χ0) is 13.2. The van der Waals surface area contributed by atoms with Gasteiger partial charge >= 0.3 is 0 Å². The van der Waals surface area contributed by atoms with Gasteiger partial charge in [0.2, 0.25) is 5.88 Å². The number of ether oxygens (including phenoxy) is 1. The third-order valence-corrected chi connectivity index (χ3v) is 2.88. The topological polar surface area (TPSA) is 73.9 Å². The lowest BCUT2D eigenvalue weighted by molar-refractivity contribution is 0.460. The molecule has 0 radical (unpaired) electrons. The molecular formula is C13H9ClN4O. The summed E-state index contributed by atoms with van der Waals surface area (Å²) in [4.78, 5) is 4.27. The van der Waals surface area contributed by atoms with E-state index >= 15 is 0 Å². The number of nitrogens with zero attached hydrogens (tertiary/aromatic N) is 3. The quantitative estimate of drug-likeness (QED) is 0.776. The molecule has 0 amide bonds. The molecule has 3 rings (SSSR count). The molecule has 2 heterocycles. The summed E-state index contributed by atoms with van der Waals surface area (Å²) in [6.45, 7) is 0. The average molecular weight is 273 g/mol. The Morgan fingerprint density at radius 3 is 2.74 bits per heavy atom. The molecule has 0 aliphatic carbocycles. The van der Waals surface area contributed by atoms with Crippen LogP contribution in [-0.2, 0) is 0 Å². The van der Waals surface area contributed by atoms with Crippen LogP contribution in [0.1, 0.15) is 0 Å². The molecule has 2 aromatic heterocycles. The third-order valence-electron chi connectivity index (χ3n) is 2.55. The fourth-order valence-corrected chi connectivity index (χ4v) is 1.91. The van der Waals surface area contributed by atoms with E-state index in [2.05, 4.69) is 15.2 Å². The Labute approximate surface area is 114 Å². The minimum absolute atomic E-state index is 0.339. The Bertz CT molecular complexity index is 730. The second-order valence-corrected chi connectivity index (χ2v) is 4.25. The normalized spacial score (nSPS) is 10.6. The van der Waals surface area contributed by atoms with Crippen molar-refractivity contribution in [2.75, 3.05) is 5.73 Å². The van der Waals surface area contributed by atoms with E-state index < -0.39 is 0 Å². The number of pyridine rings is 1. The maximum absolute atomic E-state index is 6.11. The Morgan fingerprint density at radius 2 is 1.95 bits per heavy atom. The zero-order valence-electron chi connectivity index (χ0n) is 9.75. The Balaban J connectivity index is 2.06. The number of rotatable bonds is 2. The van der Waals surface area contributed by atoms with Crippen LogP contribution < -0.4 is 10.5 Å². The molecule has 0 saturated heterocycles. The first-order chi connectivity index (χ1) is 9.24. The summed E-state index contributed by atoms with van der Waals surface area (Å²) < 4.78 is 5.65. The van der Waals surface area contributed by atoms with Crippen molar-refractivity contribution in [1.82, 2.24) is 15.2 Å². The van der Waals surface area contributed by atoms with Gasteiger partial charge in [-0.15, -0.1) is 10.2 Å². The number of aromatic nitrogens is 3. The van der Waals surface area contributed by atoms with Gasteiger partial charge in [-0.3, -0.25) is 4.98 Å². The molecule has 5 nitrogen and oxygen atoms in total. The molecule has 6 heteroatoms. The smallest absolute Gasteiger partial charge is 0.239 e. The summed E-state index contributed by atoms with van der Waals surface area (Å²) in [6.07, 6.45) is 1.68. The van der Waals surface area contributed by atoms with Crippen molar-refractivity contribution in [2.24, 2.45) is 0 Å². The lowest BCUT2D eigenvalue weighted by Gasteiger charge is -2.07.